The van der Waals surface area contributed by atoms with Crippen molar-refractivity contribution in [2.45, 2.75) is 20.0 Å². The summed E-state index contributed by atoms with van der Waals surface area (Å²) in [5.74, 6) is 1.99. The molecule has 5 aliphatic rings. The lowest BCUT2D eigenvalue weighted by Gasteiger charge is -2.37. The van der Waals surface area contributed by atoms with Crippen LogP contribution in [0.5, 0.6) is 11.5 Å². The SMILES string of the molecule is CCOc1cc(/C=N\N2C(=O)[C@@H]3[C@H]4C=C[C@@H]([C@@H]5C[C@@H]45)[C@@H]3C2=O)cc(I)c1OCc1cccc2ccccc12. The Hall–Kier alpha value is -3.20. The van der Waals surface area contributed by atoms with Crippen LogP contribution in [0.25, 0.3) is 10.8 Å². The van der Waals surface area contributed by atoms with Crippen molar-refractivity contribution in [3.05, 3.63) is 81.4 Å². The minimum atomic E-state index is -0.248. The molecule has 0 spiro atoms. The molecule has 0 N–H and O–H groups in total. The number of fused-ring (bicyclic) bond motifs is 1. The number of carbonyl (C=O) groups is 2. The average molecular weight is 618 g/mol. The largest absolute Gasteiger partial charge is 0.490 e. The molecule has 2 amide bonds. The number of hydrazone groups is 1. The first-order valence-corrected chi connectivity index (χ1v) is 14.3. The fourth-order valence-corrected chi connectivity index (χ4v) is 7.59. The van der Waals surface area contributed by atoms with Gasteiger partial charge in [0.25, 0.3) is 11.8 Å². The Morgan fingerprint density at radius 3 is 2.42 bits per heavy atom. The Labute approximate surface area is 234 Å². The van der Waals surface area contributed by atoms with Crippen molar-refractivity contribution in [1.82, 2.24) is 5.01 Å². The summed E-state index contributed by atoms with van der Waals surface area (Å²) in [6.07, 6.45) is 7.08. The summed E-state index contributed by atoms with van der Waals surface area (Å²) in [6, 6.07) is 18.3. The zero-order chi connectivity index (χ0) is 26.0. The summed E-state index contributed by atoms with van der Waals surface area (Å²) in [7, 11) is 0. The maximum Gasteiger partial charge on any atom is 0.254 e. The Balaban J connectivity index is 1.13. The Morgan fingerprint density at radius 2 is 1.68 bits per heavy atom. The minimum absolute atomic E-state index is 0.157. The molecule has 7 heteroatoms. The molecule has 3 aromatic carbocycles. The fraction of sp³-hybridized carbons (Fsp3) is 0.323. The monoisotopic (exact) mass is 618 g/mol. The van der Waals surface area contributed by atoms with Crippen molar-refractivity contribution in [1.29, 1.82) is 0 Å². The quantitative estimate of drug-likeness (QED) is 0.145. The molecule has 6 nitrogen and oxygen atoms in total. The Bertz CT molecular complexity index is 1490. The van der Waals surface area contributed by atoms with E-state index in [9.17, 15) is 9.59 Å². The molecule has 1 aliphatic heterocycles. The molecule has 0 aromatic heterocycles. The summed E-state index contributed by atoms with van der Waals surface area (Å²) < 4.78 is 13.1. The number of hydrogen-bond acceptors (Lipinski definition) is 5. The van der Waals surface area contributed by atoms with Crippen LogP contribution in [0.4, 0.5) is 0 Å². The maximum absolute atomic E-state index is 13.2. The van der Waals surface area contributed by atoms with Crippen molar-refractivity contribution in [3.63, 3.8) is 0 Å². The van der Waals surface area contributed by atoms with Crippen LogP contribution in [0.3, 0.4) is 0 Å². The second-order valence-electron chi connectivity index (χ2n) is 10.6. The smallest absolute Gasteiger partial charge is 0.254 e. The first kappa shape index (κ1) is 23.9. The molecule has 6 atom stereocenters. The van der Waals surface area contributed by atoms with Crippen LogP contribution in [-0.2, 0) is 16.2 Å². The van der Waals surface area contributed by atoms with E-state index in [2.05, 4.69) is 64.1 Å². The lowest BCUT2D eigenvalue weighted by Crippen LogP contribution is -2.40. The van der Waals surface area contributed by atoms with E-state index in [0.717, 1.165) is 31.5 Å². The maximum atomic E-state index is 13.2. The van der Waals surface area contributed by atoms with Gasteiger partial charge in [0.2, 0.25) is 0 Å². The number of halogens is 1. The van der Waals surface area contributed by atoms with Crippen molar-refractivity contribution in [2.75, 3.05) is 6.61 Å². The van der Waals surface area contributed by atoms with Crippen LogP contribution in [0.15, 0.2) is 71.9 Å². The van der Waals surface area contributed by atoms with E-state index in [4.69, 9.17) is 9.47 Å². The molecule has 8 rings (SSSR count). The van der Waals surface area contributed by atoms with Gasteiger partial charge < -0.3 is 9.47 Å². The lowest BCUT2D eigenvalue weighted by atomic mass is 9.63. The molecule has 0 unspecified atom stereocenters. The molecule has 3 fully saturated rings. The number of nitrogens with zero attached hydrogens (tertiary/aromatic N) is 2. The molecule has 1 saturated heterocycles. The second kappa shape index (κ2) is 9.22. The molecule has 0 radical (unpaired) electrons. The first-order chi connectivity index (χ1) is 18.5. The van der Waals surface area contributed by atoms with Gasteiger partial charge in [-0.2, -0.15) is 10.1 Å². The fourth-order valence-electron chi connectivity index (χ4n) is 6.81. The van der Waals surface area contributed by atoms with E-state index in [-0.39, 0.29) is 35.5 Å². The third-order valence-corrected chi connectivity index (χ3v) is 9.35. The van der Waals surface area contributed by atoms with Crippen LogP contribution in [-0.4, -0.2) is 29.6 Å². The summed E-state index contributed by atoms with van der Waals surface area (Å²) >= 11 is 2.23. The number of imide groups is 1. The number of amides is 2. The van der Waals surface area contributed by atoms with E-state index < -0.39 is 0 Å². The summed E-state index contributed by atoms with van der Waals surface area (Å²) in [4.78, 5) is 26.5. The highest BCUT2D eigenvalue weighted by molar-refractivity contribution is 14.1. The first-order valence-electron chi connectivity index (χ1n) is 13.2. The van der Waals surface area contributed by atoms with Gasteiger partial charge in [0.1, 0.15) is 6.61 Å². The van der Waals surface area contributed by atoms with Crippen molar-refractivity contribution >= 4 is 51.4 Å². The zero-order valence-electron chi connectivity index (χ0n) is 20.9. The molecule has 1 heterocycles. The third-order valence-electron chi connectivity index (χ3n) is 8.55. The van der Waals surface area contributed by atoms with Gasteiger partial charge in [-0.3, -0.25) is 9.59 Å². The topological polar surface area (TPSA) is 68.2 Å². The molecule has 3 aromatic rings. The molecular formula is C31H27IN2O4. The molecular weight excluding hydrogens is 591 g/mol. The number of benzene rings is 3. The van der Waals surface area contributed by atoms with Gasteiger partial charge in [0.15, 0.2) is 11.5 Å². The van der Waals surface area contributed by atoms with Gasteiger partial charge in [-0.1, -0.05) is 54.6 Å². The number of carbonyl (C=O) groups excluding carboxylic acids is 2. The van der Waals surface area contributed by atoms with E-state index in [1.807, 2.05) is 37.3 Å². The van der Waals surface area contributed by atoms with Crippen molar-refractivity contribution in [2.24, 2.45) is 40.6 Å². The number of rotatable bonds is 7. The molecule has 38 heavy (non-hydrogen) atoms. The van der Waals surface area contributed by atoms with Crippen molar-refractivity contribution < 1.29 is 19.1 Å². The van der Waals surface area contributed by atoms with Gasteiger partial charge in [-0.25, -0.2) is 0 Å². The third kappa shape index (κ3) is 3.77. The Morgan fingerprint density at radius 1 is 0.974 bits per heavy atom. The average Bonchev–Trinajstić information content (AvgIpc) is 3.71. The molecule has 4 aliphatic carbocycles. The predicted octanol–water partition coefficient (Wildman–Crippen LogP) is 5.81. The zero-order valence-corrected chi connectivity index (χ0v) is 23.1. The summed E-state index contributed by atoms with van der Waals surface area (Å²) in [5.41, 5.74) is 1.84. The number of hydrogen-bond donors (Lipinski definition) is 0. The minimum Gasteiger partial charge on any atom is -0.490 e. The number of ether oxygens (including phenoxy) is 2. The second-order valence-corrected chi connectivity index (χ2v) is 11.7. The highest BCUT2D eigenvalue weighted by Crippen LogP contribution is 2.65. The molecule has 2 bridgehead atoms. The van der Waals surface area contributed by atoms with Gasteiger partial charge in [0, 0.05) is 0 Å². The standard InChI is InChI=1S/C31H27IN2O4/c1-2-37-26-13-17(12-25(32)29(26)38-16-19-8-5-7-18-6-3-4-9-20(18)19)15-33-34-30(35)27-21-10-11-22(24-14-23(21)24)28(27)31(34)36/h3-13,15,21-24,27-28H,2,14,16H2,1H3/b33-15-/t21-,22-,23-,24-,27-,28+/m0/s1. The van der Waals surface area contributed by atoms with E-state index in [0.29, 0.717) is 36.5 Å². The predicted molar refractivity (Wildman–Crippen MR) is 153 cm³/mol. The molecule has 192 valence electrons. The van der Waals surface area contributed by atoms with Gasteiger partial charge in [-0.15, -0.1) is 0 Å². The summed E-state index contributed by atoms with van der Waals surface area (Å²) in [5, 5.41) is 7.85. The van der Waals surface area contributed by atoms with Gasteiger partial charge >= 0.3 is 0 Å². The van der Waals surface area contributed by atoms with Crippen molar-refractivity contribution in [3.8, 4) is 11.5 Å². The summed E-state index contributed by atoms with van der Waals surface area (Å²) in [6.45, 7) is 2.81. The lowest BCUT2D eigenvalue weighted by molar-refractivity contribution is -0.140. The van der Waals surface area contributed by atoms with E-state index in [1.54, 1.807) is 6.21 Å². The van der Waals surface area contributed by atoms with Crippen LogP contribution < -0.4 is 9.47 Å². The highest BCUT2D eigenvalue weighted by Gasteiger charge is 2.67. The molecule has 2 saturated carbocycles. The van der Waals surface area contributed by atoms with E-state index >= 15 is 0 Å². The van der Waals surface area contributed by atoms with Crippen LogP contribution in [0, 0.1) is 39.1 Å². The normalized spacial score (nSPS) is 28.7. The highest BCUT2D eigenvalue weighted by atomic mass is 127. The van der Waals surface area contributed by atoms with E-state index in [1.165, 1.54) is 5.39 Å². The van der Waals surface area contributed by atoms with Gasteiger partial charge in [-0.05, 0) is 93.6 Å². The van der Waals surface area contributed by atoms with Gasteiger partial charge in [0.05, 0.1) is 28.2 Å². The van der Waals surface area contributed by atoms with Crippen LogP contribution in [0.1, 0.15) is 24.5 Å². The van der Waals surface area contributed by atoms with Crippen LogP contribution in [0.2, 0.25) is 0 Å². The Kier molecular flexibility index (Phi) is 5.80. The number of allylic oxidation sites excluding steroid dienone is 2. The van der Waals surface area contributed by atoms with Crippen LogP contribution >= 0.6 is 22.6 Å².